The predicted molar refractivity (Wildman–Crippen MR) is 63.5 cm³/mol. The van der Waals surface area contributed by atoms with Gasteiger partial charge in [-0.1, -0.05) is 20.8 Å². The average Bonchev–Trinajstić information content (AvgIpc) is 2.58. The van der Waals surface area contributed by atoms with Crippen molar-refractivity contribution in [2.24, 2.45) is 5.10 Å². The van der Waals surface area contributed by atoms with E-state index in [9.17, 15) is 19.5 Å². The lowest BCUT2D eigenvalue weighted by molar-refractivity contribution is -0.261. The van der Waals surface area contributed by atoms with Gasteiger partial charge in [0.05, 0.1) is 0 Å². The van der Waals surface area contributed by atoms with Crippen molar-refractivity contribution in [1.29, 1.82) is 0 Å². The first-order valence-corrected chi connectivity index (χ1v) is 5.92. The van der Waals surface area contributed by atoms with Crippen molar-refractivity contribution < 1.29 is 29.1 Å². The molecular weight excluding hydrogens is 270 g/mol. The zero-order valence-electron chi connectivity index (χ0n) is 11.5. The molecule has 112 valence electrons. The van der Waals surface area contributed by atoms with Gasteiger partial charge in [-0.05, 0) is 0 Å². The number of carbonyl (C=O) groups excluding carboxylic acids is 3. The number of hydrogen-bond donors (Lipinski definition) is 1. The van der Waals surface area contributed by atoms with Gasteiger partial charge in [-0.3, -0.25) is 15.0 Å². The van der Waals surface area contributed by atoms with Gasteiger partial charge in [-0.2, -0.15) is 5.10 Å². The standard InChI is InChI=1S/C11H17N3O6/c1-11(2,3)19-10(18)13-12-6-9(17)20-14-7(15)4-5-8(14)16/h12H,4-6H2,1-3H3,(H,13,18)/p-1. The maximum absolute atomic E-state index is 11.3. The number of nitrogens with one attached hydrogen (secondary N) is 1. The number of rotatable bonds is 4. The third-order valence-electron chi connectivity index (χ3n) is 1.99. The van der Waals surface area contributed by atoms with Crippen LogP contribution in [0.1, 0.15) is 33.6 Å². The Morgan fingerprint density at radius 1 is 1.35 bits per heavy atom. The minimum absolute atomic E-state index is 0.0157. The van der Waals surface area contributed by atoms with Crippen LogP contribution in [0.3, 0.4) is 0 Å². The largest absolute Gasteiger partial charge is 0.593 e. The highest BCUT2D eigenvalue weighted by molar-refractivity contribution is 6.01. The number of imide groups is 1. The smallest absolute Gasteiger partial charge is 0.353 e. The fraction of sp³-hybridized carbons (Fsp3) is 0.636. The fourth-order valence-corrected chi connectivity index (χ4v) is 1.25. The fourth-order valence-electron chi connectivity index (χ4n) is 1.25. The topological polar surface area (TPSA) is 120 Å². The van der Waals surface area contributed by atoms with Crippen LogP contribution in [0.15, 0.2) is 5.10 Å². The van der Waals surface area contributed by atoms with Gasteiger partial charge in [0.1, 0.15) is 6.54 Å². The highest BCUT2D eigenvalue weighted by Gasteiger charge is 2.32. The van der Waals surface area contributed by atoms with E-state index in [0.29, 0.717) is 5.06 Å². The van der Waals surface area contributed by atoms with Crippen molar-refractivity contribution in [3.63, 3.8) is 0 Å². The Bertz CT molecular complexity index is 424. The van der Waals surface area contributed by atoms with Crippen LogP contribution >= 0.6 is 0 Å². The van der Waals surface area contributed by atoms with E-state index in [1.165, 1.54) is 0 Å². The minimum atomic E-state index is -0.916. The molecule has 20 heavy (non-hydrogen) atoms. The average molecular weight is 286 g/mol. The van der Waals surface area contributed by atoms with Gasteiger partial charge >= 0.3 is 5.97 Å². The van der Waals surface area contributed by atoms with E-state index < -0.39 is 36.0 Å². The first-order chi connectivity index (χ1) is 9.19. The summed E-state index contributed by atoms with van der Waals surface area (Å²) in [6.07, 6.45) is -0.859. The molecule has 0 atom stereocenters. The van der Waals surface area contributed by atoms with E-state index >= 15 is 0 Å². The quantitative estimate of drug-likeness (QED) is 0.293. The number of hydrazone groups is 1. The predicted octanol–water partition coefficient (Wildman–Crippen LogP) is -1.37. The molecule has 1 fully saturated rings. The van der Waals surface area contributed by atoms with E-state index in [4.69, 9.17) is 4.74 Å². The van der Waals surface area contributed by atoms with Crippen molar-refractivity contribution in [3.05, 3.63) is 0 Å². The van der Waals surface area contributed by atoms with Gasteiger partial charge in [0.25, 0.3) is 11.8 Å². The van der Waals surface area contributed by atoms with Crippen molar-refractivity contribution >= 4 is 23.9 Å². The summed E-state index contributed by atoms with van der Waals surface area (Å²) < 4.78 is 4.85. The van der Waals surface area contributed by atoms with Crippen LogP contribution in [0.5, 0.6) is 0 Å². The summed E-state index contributed by atoms with van der Waals surface area (Å²) in [4.78, 5) is 38.2. The summed E-state index contributed by atoms with van der Waals surface area (Å²) in [5.41, 5.74) is 1.44. The summed E-state index contributed by atoms with van der Waals surface area (Å²) in [7, 11) is 0. The van der Waals surface area contributed by atoms with Gasteiger partial charge < -0.3 is 14.7 Å². The molecule has 1 heterocycles. The van der Waals surface area contributed by atoms with Gasteiger partial charge in [0.2, 0.25) is 0 Å². The lowest BCUT2D eigenvalue weighted by Crippen LogP contribution is -2.37. The van der Waals surface area contributed by atoms with Crippen molar-refractivity contribution in [3.8, 4) is 0 Å². The number of ether oxygens (including phenoxy) is 1. The molecule has 1 N–H and O–H groups in total. The second-order valence-corrected chi connectivity index (χ2v) is 4.97. The van der Waals surface area contributed by atoms with Crippen LogP contribution in [-0.2, 0) is 24.0 Å². The van der Waals surface area contributed by atoms with Gasteiger partial charge in [0.15, 0.2) is 6.08 Å². The molecule has 0 aromatic rings. The molecule has 0 spiro atoms. The first-order valence-electron chi connectivity index (χ1n) is 5.92. The Kier molecular flexibility index (Phi) is 4.89. The molecule has 0 radical (unpaired) electrons. The summed E-state index contributed by atoms with van der Waals surface area (Å²) >= 11 is 0. The molecule has 2 amide bonds. The van der Waals surface area contributed by atoms with E-state index in [1.54, 1.807) is 20.8 Å². The third-order valence-corrected chi connectivity index (χ3v) is 1.99. The SMILES string of the molecule is CC(C)(C)O/C([O-])=N/NCC(=O)ON1C(=O)CCC1=O. The molecule has 0 unspecified atom stereocenters. The van der Waals surface area contributed by atoms with Crippen LogP contribution in [0, 0.1) is 0 Å². The van der Waals surface area contributed by atoms with Crippen molar-refractivity contribution in [2.45, 2.75) is 39.2 Å². The molecule has 9 heteroatoms. The zero-order valence-corrected chi connectivity index (χ0v) is 11.5. The van der Waals surface area contributed by atoms with E-state index in [0.717, 1.165) is 0 Å². The molecule has 0 saturated carbocycles. The van der Waals surface area contributed by atoms with Crippen molar-refractivity contribution in [1.82, 2.24) is 10.5 Å². The molecule has 0 aromatic heterocycles. The molecule has 1 saturated heterocycles. The molecule has 1 aliphatic heterocycles. The second kappa shape index (κ2) is 6.22. The van der Waals surface area contributed by atoms with Crippen LogP contribution in [-0.4, -0.2) is 41.1 Å². The van der Waals surface area contributed by atoms with Crippen molar-refractivity contribution in [2.75, 3.05) is 6.54 Å². The van der Waals surface area contributed by atoms with Gasteiger partial charge in [-0.15, -0.1) is 5.06 Å². The third kappa shape index (κ3) is 5.12. The van der Waals surface area contributed by atoms with E-state index in [2.05, 4.69) is 15.4 Å². The molecule has 1 rings (SSSR count). The molecule has 0 aromatic carbocycles. The highest BCUT2D eigenvalue weighted by Crippen LogP contribution is 2.11. The summed E-state index contributed by atoms with van der Waals surface area (Å²) in [6, 6.07) is 0. The normalized spacial score (nSPS) is 16.4. The molecule has 0 bridgehead atoms. The van der Waals surface area contributed by atoms with Gasteiger partial charge in [0, 0.05) is 18.4 Å². The highest BCUT2D eigenvalue weighted by atomic mass is 16.7. The Hall–Kier alpha value is -2.32. The van der Waals surface area contributed by atoms with Crippen LogP contribution in [0.2, 0.25) is 0 Å². The van der Waals surface area contributed by atoms with Crippen LogP contribution < -0.4 is 10.5 Å². The van der Waals surface area contributed by atoms with Gasteiger partial charge in [-0.25, -0.2) is 4.79 Å². The Morgan fingerprint density at radius 3 is 2.40 bits per heavy atom. The Labute approximate surface area is 115 Å². The maximum atomic E-state index is 11.3. The molecule has 0 aliphatic carbocycles. The number of hydrogen-bond acceptors (Lipinski definition) is 8. The molecule has 1 aliphatic rings. The second-order valence-electron chi connectivity index (χ2n) is 4.97. The molecular formula is C11H16N3O6-. The lowest BCUT2D eigenvalue weighted by atomic mass is 10.2. The van der Waals surface area contributed by atoms with E-state index in [1.807, 2.05) is 0 Å². The Balaban J connectivity index is 2.35. The molecule has 9 nitrogen and oxygen atoms in total. The summed E-state index contributed by atoms with van der Waals surface area (Å²) in [5, 5.41) is 14.8. The lowest BCUT2D eigenvalue weighted by Gasteiger charge is -2.29. The maximum Gasteiger partial charge on any atom is 0.353 e. The zero-order chi connectivity index (χ0) is 15.3. The van der Waals surface area contributed by atoms with Crippen LogP contribution in [0.25, 0.3) is 0 Å². The summed E-state index contributed by atoms with van der Waals surface area (Å²) in [5.74, 6) is -2.07. The number of hydroxylamine groups is 2. The number of carbonyl (C=O) groups is 3. The number of amides is 2. The minimum Gasteiger partial charge on any atom is -0.593 e. The van der Waals surface area contributed by atoms with E-state index in [-0.39, 0.29) is 12.8 Å². The van der Waals surface area contributed by atoms with Crippen LogP contribution in [0.4, 0.5) is 0 Å². The monoisotopic (exact) mass is 286 g/mol. The first kappa shape index (κ1) is 15.7. The number of nitrogens with zero attached hydrogens (tertiary/aromatic N) is 2. The summed E-state index contributed by atoms with van der Waals surface area (Å²) in [6.45, 7) is 4.52. The Morgan fingerprint density at radius 2 is 1.90 bits per heavy atom.